The smallest absolute Gasteiger partial charge is 0.251 e. The Hall–Kier alpha value is -2.95. The lowest BCUT2D eigenvalue weighted by Gasteiger charge is -2.12. The van der Waals surface area contributed by atoms with Crippen LogP contribution in [0.3, 0.4) is 0 Å². The SMILES string of the molecule is Cc1c(C(=O)NC2CC2)cccc1-c1ccc(-c2nnco2)cc1. The van der Waals surface area contributed by atoms with Gasteiger partial charge in [-0.1, -0.05) is 24.3 Å². The van der Waals surface area contributed by atoms with E-state index in [0.717, 1.165) is 40.7 Å². The maximum Gasteiger partial charge on any atom is 0.251 e. The molecule has 0 saturated heterocycles. The zero-order valence-electron chi connectivity index (χ0n) is 13.3. The maximum absolute atomic E-state index is 12.4. The molecule has 1 saturated carbocycles. The Morgan fingerprint density at radius 1 is 1.12 bits per heavy atom. The van der Waals surface area contributed by atoms with Crippen molar-refractivity contribution < 1.29 is 9.21 Å². The van der Waals surface area contributed by atoms with E-state index in [9.17, 15) is 4.79 Å². The van der Waals surface area contributed by atoms with Crippen LogP contribution in [0.4, 0.5) is 0 Å². The highest BCUT2D eigenvalue weighted by molar-refractivity contribution is 5.97. The van der Waals surface area contributed by atoms with E-state index in [2.05, 4.69) is 15.5 Å². The Labute approximate surface area is 139 Å². The lowest BCUT2D eigenvalue weighted by Crippen LogP contribution is -2.26. The summed E-state index contributed by atoms with van der Waals surface area (Å²) in [6, 6.07) is 14.1. The van der Waals surface area contributed by atoms with Crippen molar-refractivity contribution >= 4 is 5.91 Å². The highest BCUT2D eigenvalue weighted by Crippen LogP contribution is 2.28. The summed E-state index contributed by atoms with van der Waals surface area (Å²) in [5, 5.41) is 10.7. The fourth-order valence-electron chi connectivity index (χ4n) is 2.78. The van der Waals surface area contributed by atoms with E-state index in [-0.39, 0.29) is 5.91 Å². The normalized spacial score (nSPS) is 13.7. The molecule has 0 atom stereocenters. The number of carbonyl (C=O) groups excluding carboxylic acids is 1. The molecule has 3 aromatic rings. The minimum Gasteiger partial charge on any atom is -0.423 e. The van der Waals surface area contributed by atoms with Gasteiger partial charge in [0.25, 0.3) is 5.91 Å². The molecule has 1 aliphatic rings. The summed E-state index contributed by atoms with van der Waals surface area (Å²) in [5.74, 6) is 0.509. The second-order valence-corrected chi connectivity index (χ2v) is 6.05. The lowest BCUT2D eigenvalue weighted by atomic mass is 9.95. The minimum absolute atomic E-state index is 0.0133. The Morgan fingerprint density at radius 2 is 1.88 bits per heavy atom. The Bertz CT molecular complexity index is 866. The third-order valence-electron chi connectivity index (χ3n) is 4.29. The van der Waals surface area contributed by atoms with Crippen molar-refractivity contribution in [3.8, 4) is 22.6 Å². The topological polar surface area (TPSA) is 68.0 Å². The third kappa shape index (κ3) is 2.80. The van der Waals surface area contributed by atoms with E-state index in [4.69, 9.17) is 4.42 Å². The molecule has 0 aliphatic heterocycles. The number of nitrogens with zero attached hydrogens (tertiary/aromatic N) is 2. The van der Waals surface area contributed by atoms with E-state index in [1.54, 1.807) is 0 Å². The predicted molar refractivity (Wildman–Crippen MR) is 90.4 cm³/mol. The molecule has 1 N–H and O–H groups in total. The summed E-state index contributed by atoms with van der Waals surface area (Å²) in [6.45, 7) is 1.99. The molecule has 1 amide bonds. The summed E-state index contributed by atoms with van der Waals surface area (Å²) in [4.78, 5) is 12.4. The molecule has 24 heavy (non-hydrogen) atoms. The van der Waals surface area contributed by atoms with Crippen LogP contribution in [0.1, 0.15) is 28.8 Å². The van der Waals surface area contributed by atoms with E-state index >= 15 is 0 Å². The first-order chi connectivity index (χ1) is 11.7. The third-order valence-corrected chi connectivity index (χ3v) is 4.29. The standard InChI is InChI=1S/C19H17N3O2/c1-12-16(3-2-4-17(12)18(23)21-15-9-10-15)13-5-7-14(8-6-13)19-22-20-11-24-19/h2-8,11,15H,9-10H2,1H3,(H,21,23). The van der Waals surface area contributed by atoms with Crippen LogP contribution in [0.15, 0.2) is 53.3 Å². The highest BCUT2D eigenvalue weighted by atomic mass is 16.4. The summed E-state index contributed by atoms with van der Waals surface area (Å²) in [5.41, 5.74) is 4.70. The molecule has 0 radical (unpaired) electrons. The molecular weight excluding hydrogens is 302 g/mol. The predicted octanol–water partition coefficient (Wildman–Crippen LogP) is 3.60. The summed E-state index contributed by atoms with van der Waals surface area (Å²) >= 11 is 0. The largest absolute Gasteiger partial charge is 0.423 e. The number of amides is 1. The van der Waals surface area contributed by atoms with Crippen LogP contribution >= 0.6 is 0 Å². The van der Waals surface area contributed by atoms with Crippen molar-refractivity contribution in [3.63, 3.8) is 0 Å². The van der Waals surface area contributed by atoms with Crippen LogP contribution in [0.2, 0.25) is 0 Å². The van der Waals surface area contributed by atoms with Crippen LogP contribution in [-0.2, 0) is 0 Å². The monoisotopic (exact) mass is 319 g/mol. The van der Waals surface area contributed by atoms with Crippen LogP contribution in [0, 0.1) is 6.92 Å². The van der Waals surface area contributed by atoms with Gasteiger partial charge in [-0.3, -0.25) is 4.79 Å². The first-order valence-corrected chi connectivity index (χ1v) is 8.00. The molecule has 0 bridgehead atoms. The molecule has 1 aliphatic carbocycles. The van der Waals surface area contributed by atoms with Gasteiger partial charge in [0.2, 0.25) is 12.3 Å². The number of hydrogen-bond donors (Lipinski definition) is 1. The molecule has 1 heterocycles. The molecule has 120 valence electrons. The highest BCUT2D eigenvalue weighted by Gasteiger charge is 2.24. The van der Waals surface area contributed by atoms with Crippen molar-refractivity contribution in [2.24, 2.45) is 0 Å². The van der Waals surface area contributed by atoms with Crippen LogP contribution in [0.25, 0.3) is 22.6 Å². The number of benzene rings is 2. The van der Waals surface area contributed by atoms with Gasteiger partial charge < -0.3 is 9.73 Å². The number of carbonyl (C=O) groups is 1. The average molecular weight is 319 g/mol. The number of aromatic nitrogens is 2. The van der Waals surface area contributed by atoms with Crippen molar-refractivity contribution in [1.82, 2.24) is 15.5 Å². The van der Waals surface area contributed by atoms with Crippen LogP contribution < -0.4 is 5.32 Å². The Balaban J connectivity index is 1.65. The van der Waals surface area contributed by atoms with Gasteiger partial charge in [0.15, 0.2) is 0 Å². The maximum atomic E-state index is 12.4. The second-order valence-electron chi connectivity index (χ2n) is 6.05. The van der Waals surface area contributed by atoms with Gasteiger partial charge in [-0.05, 0) is 54.7 Å². The fraction of sp³-hybridized carbons (Fsp3) is 0.211. The van der Waals surface area contributed by atoms with Gasteiger partial charge in [-0.2, -0.15) is 0 Å². The minimum atomic E-state index is 0.0133. The molecule has 1 aromatic heterocycles. The molecule has 1 fully saturated rings. The molecular formula is C19H17N3O2. The summed E-state index contributed by atoms with van der Waals surface area (Å²) in [6.07, 6.45) is 3.48. The number of nitrogens with one attached hydrogen (secondary N) is 1. The van der Waals surface area contributed by atoms with Crippen molar-refractivity contribution in [1.29, 1.82) is 0 Å². The van der Waals surface area contributed by atoms with E-state index in [1.165, 1.54) is 6.39 Å². The molecule has 5 heteroatoms. The molecule has 4 rings (SSSR count). The Kier molecular flexibility index (Phi) is 3.61. The zero-order valence-corrected chi connectivity index (χ0v) is 13.3. The summed E-state index contributed by atoms with van der Waals surface area (Å²) in [7, 11) is 0. The second kappa shape index (κ2) is 5.92. The Morgan fingerprint density at radius 3 is 2.54 bits per heavy atom. The van der Waals surface area contributed by atoms with Crippen LogP contribution in [0.5, 0.6) is 0 Å². The van der Waals surface area contributed by atoms with Gasteiger partial charge in [0.1, 0.15) is 0 Å². The average Bonchev–Trinajstić information content (AvgIpc) is 3.24. The van der Waals surface area contributed by atoms with E-state index < -0.39 is 0 Å². The molecule has 5 nitrogen and oxygen atoms in total. The van der Waals surface area contributed by atoms with Crippen LogP contribution in [-0.4, -0.2) is 22.1 Å². The fourth-order valence-corrected chi connectivity index (χ4v) is 2.78. The van der Waals surface area contributed by atoms with Crippen molar-refractivity contribution in [3.05, 3.63) is 60.0 Å². The van der Waals surface area contributed by atoms with Crippen molar-refractivity contribution in [2.75, 3.05) is 0 Å². The quantitative estimate of drug-likeness (QED) is 0.798. The zero-order chi connectivity index (χ0) is 16.5. The van der Waals surface area contributed by atoms with Gasteiger partial charge >= 0.3 is 0 Å². The number of hydrogen-bond acceptors (Lipinski definition) is 4. The number of rotatable bonds is 4. The first kappa shape index (κ1) is 14.6. The molecule has 0 unspecified atom stereocenters. The first-order valence-electron chi connectivity index (χ1n) is 8.00. The lowest BCUT2D eigenvalue weighted by molar-refractivity contribution is 0.0950. The van der Waals surface area contributed by atoms with Crippen molar-refractivity contribution in [2.45, 2.75) is 25.8 Å². The summed E-state index contributed by atoms with van der Waals surface area (Å²) < 4.78 is 5.21. The van der Waals surface area contributed by atoms with Gasteiger partial charge in [-0.25, -0.2) is 0 Å². The van der Waals surface area contributed by atoms with E-state index in [1.807, 2.05) is 49.4 Å². The van der Waals surface area contributed by atoms with Gasteiger partial charge in [-0.15, -0.1) is 10.2 Å². The molecule has 2 aromatic carbocycles. The van der Waals surface area contributed by atoms with Gasteiger partial charge in [0, 0.05) is 17.2 Å². The molecule has 0 spiro atoms. The van der Waals surface area contributed by atoms with E-state index in [0.29, 0.717) is 11.9 Å². The van der Waals surface area contributed by atoms with Gasteiger partial charge in [0.05, 0.1) is 0 Å².